The van der Waals surface area contributed by atoms with Crippen molar-refractivity contribution in [3.63, 3.8) is 0 Å². The number of benzene rings is 1. The summed E-state index contributed by atoms with van der Waals surface area (Å²) in [5.74, 6) is -5.89. The predicted molar refractivity (Wildman–Crippen MR) is 211 cm³/mol. The lowest BCUT2D eigenvalue weighted by Crippen LogP contribution is -2.72. The number of nitrogens with zero attached hydrogens (tertiary/aromatic N) is 6. The van der Waals surface area contributed by atoms with Gasteiger partial charge in [0.25, 0.3) is 17.7 Å². The molecule has 0 radical (unpaired) electrons. The first-order chi connectivity index (χ1) is 27.2. The minimum absolute atomic E-state index is 0.0103. The molecular formula is C36H40ClN8O11S2+. The molecule has 308 valence electrons. The first-order valence-corrected chi connectivity index (χ1v) is 20.3. The van der Waals surface area contributed by atoms with Crippen LogP contribution in [0.3, 0.4) is 0 Å². The summed E-state index contributed by atoms with van der Waals surface area (Å²) in [6.07, 6.45) is 2.54. The lowest BCUT2D eigenvalue weighted by Gasteiger charge is -2.52. The Hall–Kier alpha value is -5.38. The Kier molecular flexibility index (Phi) is 10.4. The summed E-state index contributed by atoms with van der Waals surface area (Å²) >= 11 is 8.59. The van der Waals surface area contributed by atoms with Crippen LogP contribution in [-0.2, 0) is 31.1 Å². The van der Waals surface area contributed by atoms with Crippen LogP contribution in [-0.4, -0.2) is 141 Å². The van der Waals surface area contributed by atoms with Gasteiger partial charge in [-0.05, 0) is 20.8 Å². The molecule has 5 aliphatic heterocycles. The normalized spacial score (nSPS) is 24.6. The second-order valence-corrected chi connectivity index (χ2v) is 18.0. The van der Waals surface area contributed by atoms with Gasteiger partial charge in [0.1, 0.15) is 34.9 Å². The monoisotopic (exact) mass is 859 g/mol. The molecule has 3 aromatic rings. The predicted octanol–water partition coefficient (Wildman–Crippen LogP) is 1.49. The molecule has 5 aliphatic rings. The van der Waals surface area contributed by atoms with Gasteiger partial charge in [-0.1, -0.05) is 16.8 Å². The lowest BCUT2D eigenvalue weighted by atomic mass is 9.97. The van der Waals surface area contributed by atoms with Crippen LogP contribution in [0.1, 0.15) is 49.7 Å². The number of nitrogens with one attached hydrogen (secondary N) is 1. The van der Waals surface area contributed by atoms with Crippen molar-refractivity contribution in [2.45, 2.75) is 61.9 Å². The molecule has 0 aliphatic carbocycles. The molecule has 19 nitrogen and oxygen atoms in total. The lowest BCUT2D eigenvalue weighted by molar-refractivity contribution is -0.925. The molecule has 1 aromatic carbocycles. The molecule has 22 heteroatoms. The number of fused-ring (bicyclic) bond motifs is 6. The molecular weight excluding hydrogens is 820 g/mol. The number of hydrogen-bond acceptors (Lipinski definition) is 14. The quantitative estimate of drug-likeness (QED) is 0.0555. The third-order valence-electron chi connectivity index (χ3n) is 11.3. The van der Waals surface area contributed by atoms with Crippen molar-refractivity contribution >= 4 is 86.1 Å². The first-order valence-electron chi connectivity index (χ1n) is 18.1. The standard InChI is InChI=1S/C36H39ClN8O11S2/c1-15-18(13-45-8-5-16(6-9-45)43(7-10-45)30(50)17-12-42(4)20-11-21(46)28(48)23(37)22(20)27(17)47)26(33(52)53)44-31(51)25(32(44)58-15)40-29(49)24(19-14-57-35(38)39-19)41-56-36(2,3)34(54)55/h11-12,14-16,25,32H,5-10,13H2,1-4H3,(H6-,38,39,40,41,46,47,48,49,52,53,54,55)/p+1/t15-,16?,25+,32+,45?/m0/s1. The molecule has 8 rings (SSSR count). The number of nitrogen functional groups attached to an aromatic ring is 1. The van der Waals surface area contributed by atoms with Crippen molar-refractivity contribution in [3.05, 3.63) is 55.4 Å². The van der Waals surface area contributed by atoms with Crippen LogP contribution in [0.2, 0.25) is 5.02 Å². The zero-order valence-electron chi connectivity index (χ0n) is 31.6. The third-order valence-corrected chi connectivity index (χ3v) is 13.8. The highest BCUT2D eigenvalue weighted by Crippen LogP contribution is 2.46. The van der Waals surface area contributed by atoms with Gasteiger partial charge in [0.15, 0.2) is 22.3 Å². The maximum Gasteiger partial charge on any atom is 0.352 e. The van der Waals surface area contributed by atoms with Crippen LogP contribution in [0.25, 0.3) is 10.9 Å². The molecule has 4 fully saturated rings. The zero-order valence-corrected chi connectivity index (χ0v) is 34.0. The van der Waals surface area contributed by atoms with E-state index in [0.29, 0.717) is 42.5 Å². The fourth-order valence-corrected chi connectivity index (χ4v) is 10.2. The number of carboxylic acids is 2. The number of anilines is 1. The van der Waals surface area contributed by atoms with Crippen molar-refractivity contribution < 1.29 is 53.7 Å². The van der Waals surface area contributed by atoms with Crippen molar-refractivity contribution in [2.24, 2.45) is 12.2 Å². The number of quaternary nitrogens is 1. The Balaban J connectivity index is 1.11. The molecule has 2 aromatic heterocycles. The fourth-order valence-electron chi connectivity index (χ4n) is 7.94. The van der Waals surface area contributed by atoms with E-state index in [4.69, 9.17) is 22.2 Å². The fraction of sp³-hybridized carbons (Fsp3) is 0.444. The Bertz CT molecular complexity index is 2420. The number of carbonyl (C=O) groups is 5. The van der Waals surface area contributed by atoms with E-state index < -0.39 is 74.6 Å². The van der Waals surface area contributed by atoms with Crippen LogP contribution in [0.5, 0.6) is 11.5 Å². The van der Waals surface area contributed by atoms with Crippen LogP contribution in [0.15, 0.2) is 38.9 Å². The molecule has 3 amide bonds. The van der Waals surface area contributed by atoms with Gasteiger partial charge in [-0.2, -0.15) is 0 Å². The number of β-lactam (4-membered cyclic amide) rings is 1. The molecule has 58 heavy (non-hydrogen) atoms. The number of aliphatic carboxylic acids is 2. The number of thiazole rings is 1. The van der Waals surface area contributed by atoms with Gasteiger partial charge < -0.3 is 50.3 Å². The maximum absolute atomic E-state index is 14.1. The summed E-state index contributed by atoms with van der Waals surface area (Å²) < 4.78 is 1.94. The number of aromatic hydroxyl groups is 2. The molecule has 2 bridgehead atoms. The van der Waals surface area contributed by atoms with Crippen molar-refractivity contribution in [1.82, 2.24) is 24.7 Å². The number of rotatable bonds is 10. The van der Waals surface area contributed by atoms with E-state index >= 15 is 0 Å². The number of phenols is 2. The van der Waals surface area contributed by atoms with E-state index in [-0.39, 0.29) is 57.1 Å². The Labute approximate surface area is 342 Å². The number of carbonyl (C=O) groups excluding carboxylic acids is 3. The number of aryl methyl sites for hydroxylation is 1. The average molecular weight is 860 g/mol. The second-order valence-electron chi connectivity index (χ2n) is 15.3. The second kappa shape index (κ2) is 14.8. The third kappa shape index (κ3) is 6.88. The SMILES string of the molecule is C[C@@H]1S[C@@H]2[C@H](NC(=O)/C(=N\OC(C)(C)C(=O)O)c3csc(N)n3)C(=O)N2C(C(=O)O)=C1C[N+]12CCC(CC1)N(C(=O)c1cn(C)c3cc(O)c(O)c(Cl)c3c1=O)CC2. The number of thioether (sulfide) groups is 1. The zero-order chi connectivity index (χ0) is 42.2. The highest BCUT2D eigenvalue weighted by Gasteiger charge is 2.57. The molecule has 3 atom stereocenters. The summed E-state index contributed by atoms with van der Waals surface area (Å²) in [5, 5.41) is 46.6. The highest BCUT2D eigenvalue weighted by atomic mass is 35.5. The van der Waals surface area contributed by atoms with Crippen LogP contribution in [0.4, 0.5) is 5.13 Å². The van der Waals surface area contributed by atoms with Gasteiger partial charge in [-0.25, -0.2) is 14.6 Å². The minimum atomic E-state index is -1.81. The number of phenolic OH excluding ortho intramolecular Hbond substituents is 2. The Morgan fingerprint density at radius 2 is 1.84 bits per heavy atom. The van der Waals surface area contributed by atoms with Gasteiger partial charge in [-0.3, -0.25) is 24.1 Å². The molecule has 0 unspecified atom stereocenters. The summed E-state index contributed by atoms with van der Waals surface area (Å²) in [7, 11) is 1.59. The average Bonchev–Trinajstić information content (AvgIpc) is 3.41. The Morgan fingerprint density at radius 1 is 1.16 bits per heavy atom. The number of hydrogen-bond donors (Lipinski definition) is 6. The summed E-state index contributed by atoms with van der Waals surface area (Å²) in [6, 6.07) is -0.151. The van der Waals surface area contributed by atoms with Gasteiger partial charge in [-0.15, -0.1) is 23.1 Å². The van der Waals surface area contributed by atoms with E-state index in [0.717, 1.165) is 11.3 Å². The Morgan fingerprint density at radius 3 is 2.47 bits per heavy atom. The number of pyridine rings is 1. The number of halogens is 1. The molecule has 0 spiro atoms. The van der Waals surface area contributed by atoms with Gasteiger partial charge in [0, 0.05) is 54.4 Å². The number of amides is 3. The highest BCUT2D eigenvalue weighted by molar-refractivity contribution is 8.00. The van der Waals surface area contributed by atoms with Gasteiger partial charge in [0.2, 0.25) is 11.0 Å². The molecule has 4 saturated heterocycles. The summed E-state index contributed by atoms with van der Waals surface area (Å²) in [4.78, 5) is 91.7. The first kappa shape index (κ1) is 40.8. The maximum atomic E-state index is 14.1. The molecule has 0 saturated carbocycles. The van der Waals surface area contributed by atoms with E-state index in [1.807, 2.05) is 6.92 Å². The number of nitrogens with two attached hydrogens (primary N) is 1. The summed E-state index contributed by atoms with van der Waals surface area (Å²) in [6.45, 7) is 6.51. The largest absolute Gasteiger partial charge is 0.504 e. The van der Waals surface area contributed by atoms with Crippen LogP contribution >= 0.6 is 34.7 Å². The molecule has 7 heterocycles. The van der Waals surface area contributed by atoms with Gasteiger partial charge >= 0.3 is 11.9 Å². The summed E-state index contributed by atoms with van der Waals surface area (Å²) in [5.41, 5.74) is 3.30. The van der Waals surface area contributed by atoms with E-state index in [1.54, 1.807) is 11.9 Å². The smallest absolute Gasteiger partial charge is 0.352 e. The number of aromatic nitrogens is 2. The van der Waals surface area contributed by atoms with E-state index in [2.05, 4.69) is 15.5 Å². The van der Waals surface area contributed by atoms with Gasteiger partial charge in [0.05, 0.1) is 42.1 Å². The van der Waals surface area contributed by atoms with Crippen molar-refractivity contribution in [2.75, 3.05) is 38.5 Å². The van der Waals surface area contributed by atoms with E-state index in [1.165, 1.54) is 52.7 Å². The van der Waals surface area contributed by atoms with E-state index in [9.17, 15) is 49.2 Å². The van der Waals surface area contributed by atoms with Crippen molar-refractivity contribution in [1.29, 1.82) is 0 Å². The van der Waals surface area contributed by atoms with Crippen molar-refractivity contribution in [3.8, 4) is 11.5 Å². The minimum Gasteiger partial charge on any atom is -0.504 e. The topological polar surface area (TPSA) is 267 Å². The van der Waals surface area contributed by atoms with Crippen LogP contribution in [0, 0.1) is 0 Å². The number of oxime groups is 1. The number of carboxylic acid groups (broad SMARTS) is 2. The number of piperidine rings is 1. The molecule has 7 N–H and O–H groups in total. The van der Waals surface area contributed by atoms with Crippen LogP contribution < -0.4 is 16.5 Å².